The molecule has 0 aliphatic heterocycles. The molecule has 0 N–H and O–H groups in total. The fourth-order valence-corrected chi connectivity index (χ4v) is 4.09. The molecule has 29 heavy (non-hydrogen) atoms. The maximum Gasteiger partial charge on any atom is 0.154 e. The molecule has 0 bridgehead atoms. The van der Waals surface area contributed by atoms with Gasteiger partial charge in [0.05, 0.1) is 10.6 Å². The number of hydrogen-bond acceptors (Lipinski definition) is 4. The van der Waals surface area contributed by atoms with Crippen molar-refractivity contribution < 1.29 is 4.42 Å². The van der Waals surface area contributed by atoms with Gasteiger partial charge in [-0.05, 0) is 54.1 Å². The van der Waals surface area contributed by atoms with Crippen LogP contribution in [0.4, 0.5) is 0 Å². The molecule has 0 radical (unpaired) electrons. The van der Waals surface area contributed by atoms with Crippen LogP contribution in [0.1, 0.15) is 10.6 Å². The van der Waals surface area contributed by atoms with Crippen molar-refractivity contribution in [2.24, 2.45) is 0 Å². The lowest BCUT2D eigenvalue weighted by Crippen LogP contribution is -1.82. The van der Waals surface area contributed by atoms with E-state index < -0.39 is 0 Å². The van der Waals surface area contributed by atoms with Crippen molar-refractivity contribution in [1.29, 1.82) is 5.26 Å². The van der Waals surface area contributed by atoms with E-state index in [9.17, 15) is 5.26 Å². The summed E-state index contributed by atoms with van der Waals surface area (Å²) in [6.45, 7) is 0. The first-order chi connectivity index (χ1) is 14.0. The van der Waals surface area contributed by atoms with E-state index in [0.29, 0.717) is 42.9 Å². The van der Waals surface area contributed by atoms with E-state index in [4.69, 9.17) is 39.2 Å². The van der Waals surface area contributed by atoms with Gasteiger partial charge < -0.3 is 4.42 Å². The highest BCUT2D eigenvalue weighted by Crippen LogP contribution is 2.35. The van der Waals surface area contributed by atoms with Gasteiger partial charge in [0.1, 0.15) is 22.5 Å². The SMILES string of the molecule is N#C/C(=C/c1ccc(Cl)cc1)c1nc(-c2ccc(-c3ccc(Cl)cc3Cl)o2)cs1. The molecule has 0 spiro atoms. The summed E-state index contributed by atoms with van der Waals surface area (Å²) >= 11 is 19.5. The first-order valence-electron chi connectivity index (χ1n) is 8.42. The van der Waals surface area contributed by atoms with Crippen LogP contribution in [0.2, 0.25) is 15.1 Å². The molecule has 2 heterocycles. The Morgan fingerprint density at radius 3 is 2.41 bits per heavy atom. The standard InChI is InChI=1S/C22H11Cl3N2OS/c23-15-3-1-13(2-4-15)9-14(11-26)22-27-19(12-29-22)21-8-7-20(28-21)17-6-5-16(24)10-18(17)25/h1-10,12H/b14-9-. The van der Waals surface area contributed by atoms with E-state index in [1.807, 2.05) is 35.7 Å². The largest absolute Gasteiger partial charge is 0.454 e. The van der Waals surface area contributed by atoms with Crippen LogP contribution >= 0.6 is 46.1 Å². The van der Waals surface area contributed by atoms with Gasteiger partial charge in [-0.1, -0.05) is 46.9 Å². The zero-order valence-electron chi connectivity index (χ0n) is 14.7. The summed E-state index contributed by atoms with van der Waals surface area (Å²) in [5.41, 5.74) is 2.74. The number of hydrogen-bond donors (Lipinski definition) is 0. The molecule has 0 saturated carbocycles. The maximum absolute atomic E-state index is 9.55. The van der Waals surface area contributed by atoms with Crippen LogP contribution in [0, 0.1) is 11.3 Å². The Bertz CT molecular complexity index is 1250. The molecule has 0 aliphatic carbocycles. The Labute approximate surface area is 186 Å². The molecule has 142 valence electrons. The topological polar surface area (TPSA) is 49.8 Å². The van der Waals surface area contributed by atoms with Crippen LogP contribution in [0.15, 0.2) is 64.4 Å². The van der Waals surface area contributed by atoms with Gasteiger partial charge in [0, 0.05) is 21.0 Å². The molecule has 3 nitrogen and oxygen atoms in total. The monoisotopic (exact) mass is 456 g/mol. The molecular formula is C22H11Cl3N2OS. The quantitative estimate of drug-likeness (QED) is 0.291. The molecule has 0 saturated heterocycles. The lowest BCUT2D eigenvalue weighted by atomic mass is 10.1. The zero-order chi connectivity index (χ0) is 20.4. The highest BCUT2D eigenvalue weighted by Gasteiger charge is 2.14. The van der Waals surface area contributed by atoms with Gasteiger partial charge in [0.15, 0.2) is 5.76 Å². The van der Waals surface area contributed by atoms with E-state index in [1.165, 1.54) is 11.3 Å². The Kier molecular flexibility index (Phi) is 5.75. The minimum absolute atomic E-state index is 0.469. The number of aromatic nitrogens is 1. The van der Waals surface area contributed by atoms with Crippen LogP contribution in [-0.4, -0.2) is 4.98 Å². The molecule has 7 heteroatoms. The smallest absolute Gasteiger partial charge is 0.154 e. The molecule has 0 unspecified atom stereocenters. The Morgan fingerprint density at radius 1 is 0.966 bits per heavy atom. The highest BCUT2D eigenvalue weighted by atomic mass is 35.5. The molecule has 2 aromatic carbocycles. The third-order valence-electron chi connectivity index (χ3n) is 4.09. The number of thiazole rings is 1. The zero-order valence-corrected chi connectivity index (χ0v) is 17.8. The van der Waals surface area contributed by atoms with Crippen LogP contribution in [-0.2, 0) is 0 Å². The van der Waals surface area contributed by atoms with Crippen LogP contribution in [0.25, 0.3) is 34.4 Å². The molecule has 0 fully saturated rings. The fourth-order valence-electron chi connectivity index (χ4n) is 2.69. The summed E-state index contributed by atoms with van der Waals surface area (Å²) < 4.78 is 5.93. The molecule has 2 aromatic heterocycles. The van der Waals surface area contributed by atoms with E-state index >= 15 is 0 Å². The normalized spacial score (nSPS) is 11.4. The number of furan rings is 1. The van der Waals surface area contributed by atoms with E-state index in [2.05, 4.69) is 11.1 Å². The summed E-state index contributed by atoms with van der Waals surface area (Å²) in [4.78, 5) is 4.56. The average Bonchev–Trinajstić information content (AvgIpc) is 3.37. The first-order valence-corrected chi connectivity index (χ1v) is 10.4. The summed E-state index contributed by atoms with van der Waals surface area (Å²) in [6, 6.07) is 18.4. The summed E-state index contributed by atoms with van der Waals surface area (Å²) in [5.74, 6) is 1.21. The van der Waals surface area contributed by atoms with Crippen molar-refractivity contribution in [3.8, 4) is 28.8 Å². The second-order valence-electron chi connectivity index (χ2n) is 6.05. The van der Waals surface area contributed by atoms with Crippen molar-refractivity contribution >= 4 is 57.8 Å². The number of rotatable bonds is 4. The van der Waals surface area contributed by atoms with Gasteiger partial charge in [-0.3, -0.25) is 0 Å². The number of nitrogens with zero attached hydrogens (tertiary/aromatic N) is 2. The van der Waals surface area contributed by atoms with Crippen molar-refractivity contribution in [1.82, 2.24) is 4.98 Å². The predicted octanol–water partition coefficient (Wildman–Crippen LogP) is 8.09. The third kappa shape index (κ3) is 4.39. The van der Waals surface area contributed by atoms with Gasteiger partial charge in [-0.25, -0.2) is 4.98 Å². The first kappa shape index (κ1) is 19.8. The van der Waals surface area contributed by atoms with Crippen LogP contribution < -0.4 is 0 Å². The Balaban J connectivity index is 1.63. The average molecular weight is 458 g/mol. The van der Waals surface area contributed by atoms with Crippen LogP contribution in [0.3, 0.4) is 0 Å². The lowest BCUT2D eigenvalue weighted by molar-refractivity contribution is 0.595. The van der Waals surface area contributed by atoms with Crippen molar-refractivity contribution in [3.05, 3.63) is 85.6 Å². The second-order valence-corrected chi connectivity index (χ2v) is 8.19. The molecule has 4 aromatic rings. The summed E-state index contributed by atoms with van der Waals surface area (Å²) in [5, 5.41) is 13.7. The van der Waals surface area contributed by atoms with E-state index in [1.54, 1.807) is 30.3 Å². The Hall–Kier alpha value is -2.55. The highest BCUT2D eigenvalue weighted by molar-refractivity contribution is 7.11. The van der Waals surface area contributed by atoms with Crippen molar-refractivity contribution in [3.63, 3.8) is 0 Å². The lowest BCUT2D eigenvalue weighted by Gasteiger charge is -2.01. The fraction of sp³-hybridized carbons (Fsp3) is 0. The minimum Gasteiger partial charge on any atom is -0.454 e. The minimum atomic E-state index is 0.469. The van der Waals surface area contributed by atoms with Crippen LogP contribution in [0.5, 0.6) is 0 Å². The van der Waals surface area contributed by atoms with Crippen molar-refractivity contribution in [2.75, 3.05) is 0 Å². The Morgan fingerprint density at radius 2 is 1.69 bits per heavy atom. The van der Waals surface area contributed by atoms with E-state index in [-0.39, 0.29) is 0 Å². The summed E-state index contributed by atoms with van der Waals surface area (Å²) in [7, 11) is 0. The maximum atomic E-state index is 9.55. The number of halogens is 3. The second kappa shape index (κ2) is 8.44. The van der Waals surface area contributed by atoms with Gasteiger partial charge in [0.25, 0.3) is 0 Å². The van der Waals surface area contributed by atoms with Gasteiger partial charge >= 0.3 is 0 Å². The summed E-state index contributed by atoms with van der Waals surface area (Å²) in [6.07, 6.45) is 1.78. The number of benzene rings is 2. The van der Waals surface area contributed by atoms with Gasteiger partial charge in [-0.15, -0.1) is 11.3 Å². The third-order valence-corrected chi connectivity index (χ3v) is 5.77. The molecular weight excluding hydrogens is 447 g/mol. The predicted molar refractivity (Wildman–Crippen MR) is 120 cm³/mol. The number of nitriles is 1. The van der Waals surface area contributed by atoms with Crippen molar-refractivity contribution in [2.45, 2.75) is 0 Å². The van der Waals surface area contributed by atoms with Gasteiger partial charge in [-0.2, -0.15) is 5.26 Å². The van der Waals surface area contributed by atoms with E-state index in [0.717, 1.165) is 11.1 Å². The molecule has 0 atom stereocenters. The molecule has 0 aliphatic rings. The molecule has 0 amide bonds. The van der Waals surface area contributed by atoms with Gasteiger partial charge in [0.2, 0.25) is 0 Å². The number of allylic oxidation sites excluding steroid dienone is 1. The molecule has 4 rings (SSSR count).